The van der Waals surface area contributed by atoms with Crippen LogP contribution in [0.3, 0.4) is 0 Å². The van der Waals surface area contributed by atoms with E-state index in [-0.39, 0.29) is 11.8 Å². The maximum Gasteiger partial charge on any atom is 0.224 e. The largest absolute Gasteiger partial charge is 0.486 e. The van der Waals surface area contributed by atoms with Gasteiger partial charge in [0.25, 0.3) is 0 Å². The fourth-order valence-corrected chi connectivity index (χ4v) is 3.18. The van der Waals surface area contributed by atoms with Gasteiger partial charge in [0.1, 0.15) is 13.2 Å². The van der Waals surface area contributed by atoms with E-state index in [1.165, 1.54) is 13.3 Å². The Bertz CT molecular complexity index is 611. The number of amides is 2. The van der Waals surface area contributed by atoms with Gasteiger partial charge in [-0.2, -0.15) is 0 Å². The summed E-state index contributed by atoms with van der Waals surface area (Å²) < 4.78 is 11.1. The number of likely N-dealkylation sites (tertiary alicyclic amines) is 1. The molecule has 3 rings (SSSR count). The molecule has 2 aliphatic rings. The second-order valence-electron chi connectivity index (χ2n) is 6.19. The van der Waals surface area contributed by atoms with Crippen LogP contribution >= 0.6 is 0 Å². The molecule has 1 fully saturated rings. The summed E-state index contributed by atoms with van der Waals surface area (Å²) in [6, 6.07) is 5.45. The number of carbonyl (C=O) groups excluding carboxylic acids is 2. The molecule has 0 spiro atoms. The van der Waals surface area contributed by atoms with Crippen molar-refractivity contribution in [1.82, 2.24) is 4.90 Å². The fourth-order valence-electron chi connectivity index (χ4n) is 3.18. The maximum absolute atomic E-state index is 12.3. The number of rotatable bonds is 4. The number of hydrogen-bond donors (Lipinski definition) is 0. The Hall–Kier alpha value is -2.24. The first-order valence-corrected chi connectivity index (χ1v) is 8.60. The van der Waals surface area contributed by atoms with Crippen LogP contribution in [0, 0.1) is 0 Å². The molecule has 2 amide bonds. The van der Waals surface area contributed by atoms with Crippen molar-refractivity contribution < 1.29 is 19.1 Å². The highest BCUT2D eigenvalue weighted by Crippen LogP contribution is 2.34. The third-order valence-corrected chi connectivity index (χ3v) is 4.48. The number of carbonyl (C=O) groups is 2. The summed E-state index contributed by atoms with van der Waals surface area (Å²) in [4.78, 5) is 27.9. The SMILES string of the molecule is CC(=O)N(CCC(=O)N1CCCCC1)c1ccc2c(c1)OCCO2. The van der Waals surface area contributed by atoms with E-state index in [1.807, 2.05) is 17.0 Å². The van der Waals surface area contributed by atoms with E-state index in [0.717, 1.165) is 31.6 Å². The Morgan fingerprint density at radius 2 is 1.79 bits per heavy atom. The number of anilines is 1. The smallest absolute Gasteiger partial charge is 0.224 e. The van der Waals surface area contributed by atoms with Crippen LogP contribution in [0.4, 0.5) is 5.69 Å². The quantitative estimate of drug-likeness (QED) is 0.848. The lowest BCUT2D eigenvalue weighted by molar-refractivity contribution is -0.131. The van der Waals surface area contributed by atoms with Crippen molar-refractivity contribution >= 4 is 17.5 Å². The van der Waals surface area contributed by atoms with Gasteiger partial charge in [0, 0.05) is 44.7 Å². The van der Waals surface area contributed by atoms with Crippen molar-refractivity contribution in [2.24, 2.45) is 0 Å². The summed E-state index contributed by atoms with van der Waals surface area (Å²) in [5, 5.41) is 0. The lowest BCUT2D eigenvalue weighted by Gasteiger charge is -2.28. The molecule has 6 heteroatoms. The minimum atomic E-state index is -0.0851. The average molecular weight is 332 g/mol. The fraction of sp³-hybridized carbons (Fsp3) is 0.556. The summed E-state index contributed by atoms with van der Waals surface area (Å²) in [6.45, 7) is 4.61. The van der Waals surface area contributed by atoms with E-state index >= 15 is 0 Å². The Kier molecular flexibility index (Phi) is 5.23. The Balaban J connectivity index is 1.66. The van der Waals surface area contributed by atoms with Gasteiger partial charge in [0.15, 0.2) is 11.5 Å². The molecular weight excluding hydrogens is 308 g/mol. The molecule has 1 aromatic carbocycles. The van der Waals surface area contributed by atoms with Gasteiger partial charge in [0.2, 0.25) is 11.8 Å². The monoisotopic (exact) mass is 332 g/mol. The molecule has 0 bridgehead atoms. The van der Waals surface area contributed by atoms with Gasteiger partial charge in [-0.05, 0) is 31.4 Å². The van der Waals surface area contributed by atoms with Crippen LogP contribution in [0.25, 0.3) is 0 Å². The second kappa shape index (κ2) is 7.55. The summed E-state index contributed by atoms with van der Waals surface area (Å²) in [6.07, 6.45) is 3.68. The van der Waals surface area contributed by atoms with E-state index < -0.39 is 0 Å². The van der Waals surface area contributed by atoms with Crippen LogP contribution in [-0.2, 0) is 9.59 Å². The average Bonchev–Trinajstić information content (AvgIpc) is 2.62. The van der Waals surface area contributed by atoms with Crippen molar-refractivity contribution in [2.45, 2.75) is 32.6 Å². The number of hydrogen-bond acceptors (Lipinski definition) is 4. The van der Waals surface area contributed by atoms with E-state index in [4.69, 9.17) is 9.47 Å². The number of fused-ring (bicyclic) bond motifs is 1. The van der Waals surface area contributed by atoms with Gasteiger partial charge in [-0.3, -0.25) is 9.59 Å². The molecule has 0 radical (unpaired) electrons. The normalized spacial score (nSPS) is 16.6. The molecule has 0 saturated carbocycles. The predicted octanol–water partition coefficient (Wildman–Crippen LogP) is 2.21. The predicted molar refractivity (Wildman–Crippen MR) is 90.5 cm³/mol. The lowest BCUT2D eigenvalue weighted by Crippen LogP contribution is -2.39. The number of piperidine rings is 1. The van der Waals surface area contributed by atoms with Crippen LogP contribution in [-0.4, -0.2) is 49.6 Å². The first kappa shape index (κ1) is 16.6. The first-order valence-electron chi connectivity index (χ1n) is 8.60. The number of nitrogens with zero attached hydrogens (tertiary/aromatic N) is 2. The van der Waals surface area contributed by atoms with Gasteiger partial charge in [-0.1, -0.05) is 0 Å². The zero-order valence-corrected chi connectivity index (χ0v) is 14.1. The van der Waals surface area contributed by atoms with Gasteiger partial charge < -0.3 is 19.3 Å². The Morgan fingerprint density at radius 1 is 1.08 bits per heavy atom. The van der Waals surface area contributed by atoms with Crippen molar-refractivity contribution in [3.05, 3.63) is 18.2 Å². The van der Waals surface area contributed by atoms with Crippen molar-refractivity contribution in [3.8, 4) is 11.5 Å². The molecule has 130 valence electrons. The molecule has 0 atom stereocenters. The van der Waals surface area contributed by atoms with Crippen LogP contribution in [0.5, 0.6) is 11.5 Å². The highest BCUT2D eigenvalue weighted by atomic mass is 16.6. The van der Waals surface area contributed by atoms with Crippen LogP contribution in [0.2, 0.25) is 0 Å². The minimum Gasteiger partial charge on any atom is -0.486 e. The lowest BCUT2D eigenvalue weighted by atomic mass is 10.1. The third-order valence-electron chi connectivity index (χ3n) is 4.48. The summed E-state index contributed by atoms with van der Waals surface area (Å²) in [5.74, 6) is 1.38. The molecular formula is C18H24N2O4. The standard InChI is InChI=1S/C18H24N2O4/c1-14(21)20(10-7-18(22)19-8-3-2-4-9-19)15-5-6-16-17(13-15)24-12-11-23-16/h5-6,13H,2-4,7-12H2,1H3. The number of benzene rings is 1. The zero-order valence-electron chi connectivity index (χ0n) is 14.1. The zero-order chi connectivity index (χ0) is 16.9. The molecule has 6 nitrogen and oxygen atoms in total. The number of ether oxygens (including phenoxy) is 2. The molecule has 1 aromatic rings. The molecule has 24 heavy (non-hydrogen) atoms. The van der Waals surface area contributed by atoms with Crippen LogP contribution in [0.15, 0.2) is 18.2 Å². The molecule has 2 heterocycles. The second-order valence-corrected chi connectivity index (χ2v) is 6.19. The minimum absolute atomic E-state index is 0.0851. The van der Waals surface area contributed by atoms with Gasteiger partial charge in [0.05, 0.1) is 0 Å². The summed E-state index contributed by atoms with van der Waals surface area (Å²) >= 11 is 0. The highest BCUT2D eigenvalue weighted by molar-refractivity contribution is 5.92. The Labute approximate surface area is 142 Å². The molecule has 0 aliphatic carbocycles. The summed E-state index contributed by atoms with van der Waals surface area (Å²) in [5.41, 5.74) is 0.734. The Morgan fingerprint density at radius 3 is 2.50 bits per heavy atom. The van der Waals surface area contributed by atoms with E-state index in [2.05, 4.69) is 0 Å². The molecule has 0 unspecified atom stereocenters. The maximum atomic E-state index is 12.3. The van der Waals surface area contributed by atoms with E-state index in [9.17, 15) is 9.59 Å². The molecule has 1 saturated heterocycles. The van der Waals surface area contributed by atoms with Gasteiger partial charge >= 0.3 is 0 Å². The van der Waals surface area contributed by atoms with Gasteiger partial charge in [-0.15, -0.1) is 0 Å². The van der Waals surface area contributed by atoms with Crippen LogP contribution < -0.4 is 14.4 Å². The first-order chi connectivity index (χ1) is 11.6. The summed E-state index contributed by atoms with van der Waals surface area (Å²) in [7, 11) is 0. The van der Waals surface area contributed by atoms with E-state index in [0.29, 0.717) is 37.7 Å². The van der Waals surface area contributed by atoms with E-state index in [1.54, 1.807) is 11.0 Å². The van der Waals surface area contributed by atoms with Crippen molar-refractivity contribution in [2.75, 3.05) is 37.7 Å². The topological polar surface area (TPSA) is 59.1 Å². The molecule has 0 N–H and O–H groups in total. The van der Waals surface area contributed by atoms with Crippen molar-refractivity contribution in [3.63, 3.8) is 0 Å². The molecule has 0 aromatic heterocycles. The molecule has 2 aliphatic heterocycles. The van der Waals surface area contributed by atoms with Gasteiger partial charge in [-0.25, -0.2) is 0 Å². The highest BCUT2D eigenvalue weighted by Gasteiger charge is 2.20. The third kappa shape index (κ3) is 3.80. The van der Waals surface area contributed by atoms with Crippen LogP contribution in [0.1, 0.15) is 32.6 Å². The van der Waals surface area contributed by atoms with Crippen molar-refractivity contribution in [1.29, 1.82) is 0 Å².